The maximum atomic E-state index is 13.4. The van der Waals surface area contributed by atoms with Crippen molar-refractivity contribution in [1.82, 2.24) is 4.98 Å². The maximum Gasteiger partial charge on any atom is 0.166 e. The van der Waals surface area contributed by atoms with Gasteiger partial charge in [0, 0.05) is 15.3 Å². The van der Waals surface area contributed by atoms with Crippen LogP contribution in [0.5, 0.6) is 5.75 Å². The van der Waals surface area contributed by atoms with Gasteiger partial charge >= 0.3 is 0 Å². The fourth-order valence-corrected chi connectivity index (χ4v) is 2.47. The van der Waals surface area contributed by atoms with Gasteiger partial charge in [0.15, 0.2) is 11.6 Å². The van der Waals surface area contributed by atoms with Crippen LogP contribution >= 0.6 is 22.6 Å². The second kappa shape index (κ2) is 6.18. The van der Waals surface area contributed by atoms with Gasteiger partial charge in [0.1, 0.15) is 11.9 Å². The van der Waals surface area contributed by atoms with Crippen LogP contribution in [0.3, 0.4) is 0 Å². The summed E-state index contributed by atoms with van der Waals surface area (Å²) in [6.45, 7) is 1.98. The van der Waals surface area contributed by atoms with E-state index in [2.05, 4.69) is 27.6 Å². The summed E-state index contributed by atoms with van der Waals surface area (Å²) in [4.78, 5) is 3.98. The molecule has 3 nitrogen and oxygen atoms in total. The number of hydrogen-bond donors (Lipinski definition) is 1. The van der Waals surface area contributed by atoms with E-state index in [4.69, 9.17) is 10.5 Å². The molecule has 1 aromatic heterocycles. The van der Waals surface area contributed by atoms with E-state index in [-0.39, 0.29) is 11.9 Å². The Bertz CT molecular complexity index is 577. The van der Waals surface area contributed by atoms with Gasteiger partial charge in [-0.2, -0.15) is 0 Å². The van der Waals surface area contributed by atoms with E-state index in [0.717, 1.165) is 9.13 Å². The third kappa shape index (κ3) is 3.34. The van der Waals surface area contributed by atoms with Crippen LogP contribution in [0.2, 0.25) is 0 Å². The molecule has 2 rings (SSSR count). The molecule has 0 spiro atoms. The van der Waals surface area contributed by atoms with Crippen LogP contribution in [-0.2, 0) is 0 Å². The first kappa shape index (κ1) is 14.0. The third-order valence-corrected chi connectivity index (χ3v) is 3.73. The number of ether oxygens (including phenoxy) is 1. The van der Waals surface area contributed by atoms with E-state index in [0.29, 0.717) is 18.0 Å². The molecular formula is C14H14FIN2O. The Balaban J connectivity index is 2.30. The van der Waals surface area contributed by atoms with E-state index < -0.39 is 0 Å². The van der Waals surface area contributed by atoms with E-state index in [1.807, 2.05) is 6.92 Å². The molecule has 5 heteroatoms. The van der Waals surface area contributed by atoms with Gasteiger partial charge in [0.05, 0.1) is 0 Å². The molecule has 19 heavy (non-hydrogen) atoms. The van der Waals surface area contributed by atoms with Gasteiger partial charge in [-0.1, -0.05) is 6.92 Å². The number of rotatable bonds is 4. The molecule has 0 saturated heterocycles. The molecule has 0 aliphatic heterocycles. The average Bonchev–Trinajstić information content (AvgIpc) is 2.41. The lowest BCUT2D eigenvalue weighted by Gasteiger charge is -2.20. The molecule has 100 valence electrons. The lowest BCUT2D eigenvalue weighted by Crippen LogP contribution is -2.10. The molecule has 1 heterocycles. The summed E-state index contributed by atoms with van der Waals surface area (Å²) < 4.78 is 20.2. The molecular weight excluding hydrogens is 358 g/mol. The van der Waals surface area contributed by atoms with Crippen molar-refractivity contribution < 1.29 is 9.13 Å². The second-order valence-corrected chi connectivity index (χ2v) is 5.23. The summed E-state index contributed by atoms with van der Waals surface area (Å²) in [5.41, 5.74) is 6.58. The van der Waals surface area contributed by atoms with Gasteiger partial charge in [-0.25, -0.2) is 9.37 Å². The van der Waals surface area contributed by atoms with Crippen LogP contribution in [0, 0.1) is 9.39 Å². The van der Waals surface area contributed by atoms with Crippen molar-refractivity contribution in [1.29, 1.82) is 0 Å². The van der Waals surface area contributed by atoms with E-state index >= 15 is 0 Å². The highest BCUT2D eigenvalue weighted by atomic mass is 127. The Labute approximate surface area is 125 Å². The SMILES string of the molecule is CC[C@@H](Oc1cccnc1N)c1cc(F)ccc1I. The number of hydrogen-bond acceptors (Lipinski definition) is 3. The Morgan fingerprint density at radius 2 is 2.21 bits per heavy atom. The first-order valence-electron chi connectivity index (χ1n) is 5.94. The molecule has 2 N–H and O–H groups in total. The minimum Gasteiger partial charge on any atom is -0.482 e. The number of aromatic nitrogens is 1. The molecule has 0 aliphatic rings. The molecule has 0 amide bonds. The van der Waals surface area contributed by atoms with Gasteiger partial charge in [-0.15, -0.1) is 0 Å². The van der Waals surface area contributed by atoms with Gasteiger partial charge < -0.3 is 10.5 Å². The highest BCUT2D eigenvalue weighted by molar-refractivity contribution is 14.1. The van der Waals surface area contributed by atoms with Crippen LogP contribution < -0.4 is 10.5 Å². The second-order valence-electron chi connectivity index (χ2n) is 4.07. The lowest BCUT2D eigenvalue weighted by molar-refractivity contribution is 0.200. The topological polar surface area (TPSA) is 48.1 Å². The van der Waals surface area contributed by atoms with Crippen molar-refractivity contribution in [2.24, 2.45) is 0 Å². The van der Waals surface area contributed by atoms with Crippen molar-refractivity contribution in [3.05, 3.63) is 51.5 Å². The lowest BCUT2D eigenvalue weighted by atomic mass is 10.1. The van der Waals surface area contributed by atoms with Crippen LogP contribution in [0.25, 0.3) is 0 Å². The van der Waals surface area contributed by atoms with E-state index in [1.165, 1.54) is 12.1 Å². The Morgan fingerprint density at radius 1 is 1.42 bits per heavy atom. The molecule has 2 aromatic rings. The van der Waals surface area contributed by atoms with Crippen molar-refractivity contribution >= 4 is 28.4 Å². The minimum atomic E-state index is -0.267. The number of anilines is 1. The van der Waals surface area contributed by atoms with Crippen molar-refractivity contribution in [3.63, 3.8) is 0 Å². The Hall–Kier alpha value is -1.37. The fourth-order valence-electron chi connectivity index (χ4n) is 1.78. The number of nitrogens with two attached hydrogens (primary N) is 1. The van der Waals surface area contributed by atoms with Gasteiger partial charge in [-0.3, -0.25) is 0 Å². The predicted octanol–water partition coefficient (Wildman–Crippen LogP) is 3.94. The van der Waals surface area contributed by atoms with Crippen molar-refractivity contribution in [2.75, 3.05) is 5.73 Å². The summed E-state index contributed by atoms with van der Waals surface area (Å²) in [7, 11) is 0. The van der Waals surface area contributed by atoms with E-state index in [9.17, 15) is 4.39 Å². The standard InChI is InChI=1S/C14H14FIN2O/c1-2-12(10-8-9(15)5-6-11(10)16)19-13-4-3-7-18-14(13)17/h3-8,12H,2H2,1H3,(H2,17,18)/t12-/m1/s1. The normalized spacial score (nSPS) is 12.2. The number of nitrogen functional groups attached to an aromatic ring is 1. The molecule has 1 atom stereocenters. The number of halogens is 2. The Kier molecular flexibility index (Phi) is 4.57. The summed E-state index contributed by atoms with van der Waals surface area (Å²) in [5, 5.41) is 0. The highest BCUT2D eigenvalue weighted by Gasteiger charge is 2.16. The first-order chi connectivity index (χ1) is 9.11. The van der Waals surface area contributed by atoms with Crippen molar-refractivity contribution in [2.45, 2.75) is 19.4 Å². The monoisotopic (exact) mass is 372 g/mol. The summed E-state index contributed by atoms with van der Waals surface area (Å²) in [5.74, 6) is 0.596. The molecule has 0 saturated carbocycles. The van der Waals surface area contributed by atoms with Crippen LogP contribution in [0.1, 0.15) is 25.0 Å². The zero-order valence-electron chi connectivity index (χ0n) is 10.4. The van der Waals surface area contributed by atoms with Gasteiger partial charge in [0.2, 0.25) is 0 Å². The summed E-state index contributed by atoms with van der Waals surface area (Å²) >= 11 is 2.17. The number of pyridine rings is 1. The summed E-state index contributed by atoms with van der Waals surface area (Å²) in [6.07, 6.45) is 2.08. The number of benzene rings is 1. The predicted molar refractivity (Wildman–Crippen MR) is 81.4 cm³/mol. The molecule has 0 bridgehead atoms. The Morgan fingerprint density at radius 3 is 2.89 bits per heavy atom. The van der Waals surface area contributed by atoms with Crippen LogP contribution in [-0.4, -0.2) is 4.98 Å². The maximum absolute atomic E-state index is 13.4. The van der Waals surface area contributed by atoms with Gasteiger partial charge in [0.25, 0.3) is 0 Å². The largest absolute Gasteiger partial charge is 0.482 e. The smallest absolute Gasteiger partial charge is 0.166 e. The zero-order chi connectivity index (χ0) is 13.8. The average molecular weight is 372 g/mol. The molecule has 0 aliphatic carbocycles. The molecule has 1 aromatic carbocycles. The first-order valence-corrected chi connectivity index (χ1v) is 7.01. The minimum absolute atomic E-state index is 0.242. The van der Waals surface area contributed by atoms with E-state index in [1.54, 1.807) is 24.4 Å². The molecule has 0 fully saturated rings. The van der Waals surface area contributed by atoms with Crippen molar-refractivity contribution in [3.8, 4) is 5.75 Å². The zero-order valence-corrected chi connectivity index (χ0v) is 12.6. The fraction of sp³-hybridized carbons (Fsp3) is 0.214. The molecule has 0 radical (unpaired) electrons. The van der Waals surface area contributed by atoms with Crippen LogP contribution in [0.15, 0.2) is 36.5 Å². The summed E-state index contributed by atoms with van der Waals surface area (Å²) in [6, 6.07) is 8.20. The van der Waals surface area contributed by atoms with Crippen LogP contribution in [0.4, 0.5) is 10.2 Å². The third-order valence-electron chi connectivity index (χ3n) is 2.74. The molecule has 0 unspecified atom stereocenters. The number of nitrogens with zero attached hydrogens (tertiary/aromatic N) is 1. The quantitative estimate of drug-likeness (QED) is 0.828. The highest BCUT2D eigenvalue weighted by Crippen LogP contribution is 2.30. The van der Waals surface area contributed by atoms with Gasteiger partial charge in [-0.05, 0) is 59.3 Å².